The molecular formula is C12H19N5O. The van der Waals surface area contributed by atoms with Crippen LogP contribution in [0.2, 0.25) is 0 Å². The van der Waals surface area contributed by atoms with E-state index in [4.69, 9.17) is 10.5 Å². The Morgan fingerprint density at radius 1 is 1.39 bits per heavy atom. The van der Waals surface area contributed by atoms with Crippen LogP contribution < -0.4 is 10.5 Å². The molecule has 0 amide bonds. The number of fused-ring (bicyclic) bond motifs is 1. The largest absolute Gasteiger partial charge is 0.479 e. The molecule has 18 heavy (non-hydrogen) atoms. The molecule has 0 saturated heterocycles. The predicted molar refractivity (Wildman–Crippen MR) is 70.5 cm³/mol. The van der Waals surface area contributed by atoms with E-state index in [-0.39, 0.29) is 6.04 Å². The number of anilines is 1. The van der Waals surface area contributed by atoms with Crippen molar-refractivity contribution in [3.05, 3.63) is 6.33 Å². The summed E-state index contributed by atoms with van der Waals surface area (Å²) in [5.74, 6) is 1.38. The lowest BCUT2D eigenvalue weighted by Gasteiger charge is -2.22. The first-order valence-corrected chi connectivity index (χ1v) is 6.12. The highest BCUT2D eigenvalue weighted by molar-refractivity contribution is 5.79. The minimum atomic E-state index is 0.273. The minimum Gasteiger partial charge on any atom is -0.479 e. The van der Waals surface area contributed by atoms with Crippen LogP contribution in [0.4, 0.5) is 5.95 Å². The van der Waals surface area contributed by atoms with Crippen LogP contribution in [0.25, 0.3) is 11.2 Å². The van der Waals surface area contributed by atoms with Gasteiger partial charge >= 0.3 is 0 Å². The number of imidazole rings is 1. The van der Waals surface area contributed by atoms with Gasteiger partial charge in [0.15, 0.2) is 11.2 Å². The van der Waals surface area contributed by atoms with Crippen molar-refractivity contribution >= 4 is 17.1 Å². The van der Waals surface area contributed by atoms with Gasteiger partial charge in [-0.2, -0.15) is 4.98 Å². The number of methoxy groups -OCH3 is 1. The molecule has 0 spiro atoms. The zero-order chi connectivity index (χ0) is 13.3. The highest BCUT2D eigenvalue weighted by atomic mass is 16.5. The molecule has 2 heterocycles. The Labute approximate surface area is 106 Å². The van der Waals surface area contributed by atoms with Crippen LogP contribution in [0.3, 0.4) is 0 Å². The molecule has 2 aromatic rings. The van der Waals surface area contributed by atoms with Crippen molar-refractivity contribution in [2.24, 2.45) is 5.92 Å². The van der Waals surface area contributed by atoms with Gasteiger partial charge in [0.05, 0.1) is 7.11 Å². The summed E-state index contributed by atoms with van der Waals surface area (Å²) in [6, 6.07) is 0.273. The molecule has 1 atom stereocenters. The number of nitrogen functional groups attached to an aromatic ring is 1. The molecule has 2 aromatic heterocycles. The van der Waals surface area contributed by atoms with E-state index in [1.165, 1.54) is 6.33 Å². The van der Waals surface area contributed by atoms with E-state index >= 15 is 0 Å². The van der Waals surface area contributed by atoms with Gasteiger partial charge in [-0.25, -0.2) is 9.97 Å². The first-order chi connectivity index (χ1) is 8.60. The molecule has 0 radical (unpaired) electrons. The molecule has 6 heteroatoms. The first kappa shape index (κ1) is 12.6. The van der Waals surface area contributed by atoms with Gasteiger partial charge < -0.3 is 10.5 Å². The fraction of sp³-hybridized carbons (Fsp3) is 0.583. The molecule has 0 saturated carbocycles. The zero-order valence-corrected chi connectivity index (χ0v) is 11.2. The number of hydrogen-bond donors (Lipinski definition) is 1. The number of hydrogen-bond acceptors (Lipinski definition) is 5. The summed E-state index contributed by atoms with van der Waals surface area (Å²) in [7, 11) is 1.57. The monoisotopic (exact) mass is 249 g/mol. The molecule has 98 valence electrons. The van der Waals surface area contributed by atoms with Gasteiger partial charge in [-0.15, -0.1) is 0 Å². The van der Waals surface area contributed by atoms with Crippen molar-refractivity contribution in [1.29, 1.82) is 0 Å². The molecule has 1 unspecified atom stereocenters. The summed E-state index contributed by atoms with van der Waals surface area (Å²) in [4.78, 5) is 12.7. The van der Waals surface area contributed by atoms with Crippen molar-refractivity contribution in [1.82, 2.24) is 19.5 Å². The molecule has 2 N–H and O–H groups in total. The molecule has 2 rings (SSSR count). The molecular weight excluding hydrogens is 230 g/mol. The summed E-state index contributed by atoms with van der Waals surface area (Å²) >= 11 is 0. The molecule has 0 aliphatic carbocycles. The molecule has 0 aromatic carbocycles. The topological polar surface area (TPSA) is 78.9 Å². The van der Waals surface area contributed by atoms with E-state index in [0.29, 0.717) is 23.3 Å². The second-order valence-corrected chi connectivity index (χ2v) is 4.61. The van der Waals surface area contributed by atoms with Crippen LogP contribution in [0.1, 0.15) is 33.2 Å². The van der Waals surface area contributed by atoms with E-state index in [1.807, 2.05) is 4.57 Å². The first-order valence-electron chi connectivity index (χ1n) is 6.12. The number of nitrogens with zero attached hydrogens (tertiary/aromatic N) is 4. The Bertz CT molecular complexity index is 549. The fourth-order valence-electron chi connectivity index (χ4n) is 2.33. The maximum absolute atomic E-state index is 6.02. The van der Waals surface area contributed by atoms with E-state index < -0.39 is 0 Å². The lowest BCUT2D eigenvalue weighted by molar-refractivity contribution is 0.375. The summed E-state index contributed by atoms with van der Waals surface area (Å²) in [5, 5.41) is 0. The second kappa shape index (κ2) is 4.80. The van der Waals surface area contributed by atoms with Gasteiger partial charge in [-0.05, 0) is 12.3 Å². The third kappa shape index (κ3) is 1.87. The van der Waals surface area contributed by atoms with E-state index in [1.54, 1.807) is 7.11 Å². The highest BCUT2D eigenvalue weighted by Gasteiger charge is 2.22. The number of ether oxygens (including phenoxy) is 1. The standard InChI is InChI=1S/C12H19N5O/c1-5-8(7(2)3)17-10-9(16-12(17)13)11(18-4)15-6-14-10/h6-8H,5H2,1-4H3,(H2,13,16). The maximum Gasteiger partial charge on any atom is 0.245 e. The summed E-state index contributed by atoms with van der Waals surface area (Å²) in [6.07, 6.45) is 2.45. The Kier molecular flexibility index (Phi) is 3.36. The third-order valence-electron chi connectivity index (χ3n) is 3.18. The SMILES string of the molecule is CCC(C(C)C)n1c(N)nc2c(OC)ncnc21. The van der Waals surface area contributed by atoms with Gasteiger partial charge in [-0.3, -0.25) is 4.57 Å². The van der Waals surface area contributed by atoms with Gasteiger partial charge in [0, 0.05) is 6.04 Å². The quantitative estimate of drug-likeness (QED) is 0.896. The lowest BCUT2D eigenvalue weighted by atomic mass is 10.0. The predicted octanol–water partition coefficient (Wildman–Crippen LogP) is 2.02. The van der Waals surface area contributed by atoms with Crippen LogP contribution in [0, 0.1) is 5.92 Å². The van der Waals surface area contributed by atoms with Gasteiger partial charge in [-0.1, -0.05) is 20.8 Å². The molecule has 0 aliphatic heterocycles. The Morgan fingerprint density at radius 2 is 2.11 bits per heavy atom. The number of aromatic nitrogens is 4. The summed E-state index contributed by atoms with van der Waals surface area (Å²) in [6.45, 7) is 6.46. The Morgan fingerprint density at radius 3 is 2.67 bits per heavy atom. The van der Waals surface area contributed by atoms with E-state index in [2.05, 4.69) is 35.7 Å². The van der Waals surface area contributed by atoms with Crippen molar-refractivity contribution in [3.63, 3.8) is 0 Å². The summed E-state index contributed by atoms with van der Waals surface area (Å²) in [5.41, 5.74) is 7.38. The van der Waals surface area contributed by atoms with Crippen LogP contribution >= 0.6 is 0 Å². The van der Waals surface area contributed by atoms with Crippen molar-refractivity contribution in [2.45, 2.75) is 33.2 Å². The molecule has 0 aliphatic rings. The average Bonchev–Trinajstić information content (AvgIpc) is 2.67. The van der Waals surface area contributed by atoms with Crippen molar-refractivity contribution in [3.8, 4) is 5.88 Å². The summed E-state index contributed by atoms with van der Waals surface area (Å²) < 4.78 is 7.16. The minimum absolute atomic E-state index is 0.273. The second-order valence-electron chi connectivity index (χ2n) is 4.61. The lowest BCUT2D eigenvalue weighted by Crippen LogP contribution is -2.17. The van der Waals surface area contributed by atoms with Gasteiger partial charge in [0.25, 0.3) is 0 Å². The normalized spacial score (nSPS) is 13.2. The van der Waals surface area contributed by atoms with E-state index in [9.17, 15) is 0 Å². The maximum atomic E-state index is 6.02. The van der Waals surface area contributed by atoms with Crippen molar-refractivity contribution < 1.29 is 4.74 Å². The number of rotatable bonds is 4. The Balaban J connectivity index is 2.67. The molecule has 0 bridgehead atoms. The van der Waals surface area contributed by atoms with Crippen LogP contribution in [-0.2, 0) is 0 Å². The average molecular weight is 249 g/mol. The van der Waals surface area contributed by atoms with Crippen LogP contribution in [0.5, 0.6) is 5.88 Å². The Hall–Kier alpha value is -1.85. The molecule has 0 fully saturated rings. The fourth-order valence-corrected chi connectivity index (χ4v) is 2.33. The van der Waals surface area contributed by atoms with Gasteiger partial charge in [0.1, 0.15) is 6.33 Å². The third-order valence-corrected chi connectivity index (χ3v) is 3.18. The molecule has 6 nitrogen and oxygen atoms in total. The van der Waals surface area contributed by atoms with Crippen molar-refractivity contribution in [2.75, 3.05) is 12.8 Å². The van der Waals surface area contributed by atoms with Crippen LogP contribution in [-0.4, -0.2) is 26.6 Å². The number of nitrogens with two attached hydrogens (primary N) is 1. The van der Waals surface area contributed by atoms with E-state index in [0.717, 1.165) is 12.1 Å². The smallest absolute Gasteiger partial charge is 0.245 e. The highest BCUT2D eigenvalue weighted by Crippen LogP contribution is 2.30. The van der Waals surface area contributed by atoms with Gasteiger partial charge in [0.2, 0.25) is 11.8 Å². The zero-order valence-electron chi connectivity index (χ0n) is 11.2. The van der Waals surface area contributed by atoms with Crippen LogP contribution in [0.15, 0.2) is 6.33 Å².